The molecule has 2 rings (SSSR count). The number of nitrogens with zero attached hydrogens (tertiary/aromatic N) is 1. The van der Waals surface area contributed by atoms with E-state index in [1.807, 2.05) is 0 Å². The van der Waals surface area contributed by atoms with Crippen molar-refractivity contribution >= 4 is 16.8 Å². The highest BCUT2D eigenvalue weighted by atomic mass is 16.5. The maximum atomic E-state index is 5.65. The lowest BCUT2D eigenvalue weighted by atomic mass is 10.2. The Bertz CT molecular complexity index is 408. The summed E-state index contributed by atoms with van der Waals surface area (Å²) in [7, 11) is 1.56. The van der Waals surface area contributed by atoms with Gasteiger partial charge in [-0.3, -0.25) is 0 Å². The van der Waals surface area contributed by atoms with Crippen LogP contribution in [0.4, 0.5) is 5.69 Å². The zero-order valence-corrected chi connectivity index (χ0v) is 6.57. The van der Waals surface area contributed by atoms with Crippen LogP contribution in [-0.2, 0) is 0 Å². The molecule has 0 unspecified atom stereocenters. The van der Waals surface area contributed by atoms with E-state index in [9.17, 15) is 0 Å². The van der Waals surface area contributed by atoms with Gasteiger partial charge in [-0.15, -0.1) is 0 Å². The molecule has 4 nitrogen and oxygen atoms in total. The second-order valence-corrected chi connectivity index (χ2v) is 2.41. The van der Waals surface area contributed by atoms with Gasteiger partial charge in [0.1, 0.15) is 11.3 Å². The molecule has 0 bridgehead atoms. The van der Waals surface area contributed by atoms with E-state index in [4.69, 9.17) is 14.9 Å². The average molecular weight is 164 g/mol. The molecule has 0 spiro atoms. The number of anilines is 1. The van der Waals surface area contributed by atoms with Gasteiger partial charge < -0.3 is 14.9 Å². The van der Waals surface area contributed by atoms with Crippen molar-refractivity contribution in [3.63, 3.8) is 0 Å². The molecule has 0 saturated heterocycles. The summed E-state index contributed by atoms with van der Waals surface area (Å²) in [6, 6.07) is 3.44. The molecule has 62 valence electrons. The smallest absolute Gasteiger partial charge is 0.181 e. The number of nitrogens with two attached hydrogens (primary N) is 1. The fraction of sp³-hybridized carbons (Fsp3) is 0.125. The molecule has 1 heterocycles. The van der Waals surface area contributed by atoms with E-state index in [0.29, 0.717) is 17.0 Å². The number of fused-ring (bicyclic) bond motifs is 1. The fourth-order valence-corrected chi connectivity index (χ4v) is 1.08. The zero-order valence-electron chi connectivity index (χ0n) is 6.57. The van der Waals surface area contributed by atoms with Gasteiger partial charge in [0.25, 0.3) is 0 Å². The maximum absolute atomic E-state index is 5.65. The molecule has 0 aliphatic carbocycles. The van der Waals surface area contributed by atoms with Gasteiger partial charge in [-0.05, 0) is 6.07 Å². The minimum atomic E-state index is 0.568. The molecule has 0 atom stereocenters. The van der Waals surface area contributed by atoms with Crippen LogP contribution in [0.5, 0.6) is 5.75 Å². The van der Waals surface area contributed by atoms with Gasteiger partial charge in [0, 0.05) is 6.07 Å². The van der Waals surface area contributed by atoms with Crippen molar-refractivity contribution in [2.45, 2.75) is 0 Å². The summed E-state index contributed by atoms with van der Waals surface area (Å²) in [5.41, 5.74) is 7.64. The Morgan fingerprint density at radius 2 is 2.33 bits per heavy atom. The number of methoxy groups -OCH3 is 1. The standard InChI is InChI=1S/C8H8N2O2/c1-11-7-3-8-6(2-5(7)9)10-4-12-8/h2-4H,9H2,1H3. The topological polar surface area (TPSA) is 61.3 Å². The van der Waals surface area contributed by atoms with Crippen LogP contribution in [-0.4, -0.2) is 12.1 Å². The highest BCUT2D eigenvalue weighted by molar-refractivity contribution is 5.80. The lowest BCUT2D eigenvalue weighted by Gasteiger charge is -2.01. The third kappa shape index (κ3) is 0.887. The third-order valence-electron chi connectivity index (χ3n) is 1.68. The number of hydrogen-bond donors (Lipinski definition) is 1. The molecule has 0 fully saturated rings. The van der Waals surface area contributed by atoms with Crippen LogP contribution in [0.15, 0.2) is 22.9 Å². The van der Waals surface area contributed by atoms with Crippen LogP contribution < -0.4 is 10.5 Å². The molecule has 0 amide bonds. The fourth-order valence-electron chi connectivity index (χ4n) is 1.08. The summed E-state index contributed by atoms with van der Waals surface area (Å²) in [6.45, 7) is 0. The summed E-state index contributed by atoms with van der Waals surface area (Å²) in [5.74, 6) is 0.610. The van der Waals surface area contributed by atoms with Crippen LogP contribution >= 0.6 is 0 Å². The number of nitrogen functional groups attached to an aromatic ring is 1. The summed E-state index contributed by atoms with van der Waals surface area (Å²) in [4.78, 5) is 3.95. The molecule has 1 aromatic heterocycles. The van der Waals surface area contributed by atoms with Crippen molar-refractivity contribution in [2.24, 2.45) is 0 Å². The van der Waals surface area contributed by atoms with Gasteiger partial charge in [0.15, 0.2) is 12.0 Å². The zero-order chi connectivity index (χ0) is 8.55. The molecule has 4 heteroatoms. The van der Waals surface area contributed by atoms with Crippen LogP contribution in [0.2, 0.25) is 0 Å². The molecule has 0 saturated carbocycles. The normalized spacial score (nSPS) is 10.4. The molecule has 2 aromatic rings. The van der Waals surface area contributed by atoms with E-state index in [1.165, 1.54) is 6.39 Å². The minimum Gasteiger partial charge on any atom is -0.494 e. The van der Waals surface area contributed by atoms with Gasteiger partial charge in [-0.2, -0.15) is 0 Å². The van der Waals surface area contributed by atoms with E-state index in [0.717, 1.165) is 5.52 Å². The molecule has 0 aliphatic rings. The van der Waals surface area contributed by atoms with Crippen LogP contribution in [0.3, 0.4) is 0 Å². The summed E-state index contributed by atoms with van der Waals surface area (Å²) < 4.78 is 10.1. The largest absolute Gasteiger partial charge is 0.494 e. The summed E-state index contributed by atoms with van der Waals surface area (Å²) in [6.07, 6.45) is 1.38. The number of hydrogen-bond acceptors (Lipinski definition) is 4. The predicted octanol–water partition coefficient (Wildman–Crippen LogP) is 1.42. The highest BCUT2D eigenvalue weighted by Crippen LogP contribution is 2.26. The molecule has 1 aromatic carbocycles. The average Bonchev–Trinajstić information content (AvgIpc) is 2.49. The van der Waals surface area contributed by atoms with E-state index in [1.54, 1.807) is 19.2 Å². The van der Waals surface area contributed by atoms with E-state index in [2.05, 4.69) is 4.98 Å². The van der Waals surface area contributed by atoms with Gasteiger partial charge >= 0.3 is 0 Å². The maximum Gasteiger partial charge on any atom is 0.181 e. The quantitative estimate of drug-likeness (QED) is 0.647. The Kier molecular flexibility index (Phi) is 1.40. The van der Waals surface area contributed by atoms with Gasteiger partial charge in [0.05, 0.1) is 12.8 Å². The number of aromatic nitrogens is 1. The van der Waals surface area contributed by atoms with E-state index < -0.39 is 0 Å². The van der Waals surface area contributed by atoms with Crippen LogP contribution in [0.25, 0.3) is 11.1 Å². The Morgan fingerprint density at radius 3 is 3.08 bits per heavy atom. The SMILES string of the molecule is COc1cc2ocnc2cc1N. The van der Waals surface area contributed by atoms with Crippen molar-refractivity contribution in [1.29, 1.82) is 0 Å². The first-order valence-electron chi connectivity index (χ1n) is 3.48. The minimum absolute atomic E-state index is 0.568. The molecule has 0 radical (unpaired) electrons. The molecule has 0 aliphatic heterocycles. The lowest BCUT2D eigenvalue weighted by Crippen LogP contribution is -1.91. The van der Waals surface area contributed by atoms with Gasteiger partial charge in [-0.25, -0.2) is 4.98 Å². The van der Waals surface area contributed by atoms with E-state index in [-0.39, 0.29) is 0 Å². The number of oxazole rings is 1. The van der Waals surface area contributed by atoms with Gasteiger partial charge in [-0.1, -0.05) is 0 Å². The van der Waals surface area contributed by atoms with Crippen molar-refractivity contribution in [2.75, 3.05) is 12.8 Å². The van der Waals surface area contributed by atoms with Crippen molar-refractivity contribution in [1.82, 2.24) is 4.98 Å². The summed E-state index contributed by atoms with van der Waals surface area (Å²) >= 11 is 0. The van der Waals surface area contributed by atoms with Crippen molar-refractivity contribution in [3.05, 3.63) is 18.5 Å². The lowest BCUT2D eigenvalue weighted by molar-refractivity contribution is 0.416. The first-order chi connectivity index (χ1) is 5.81. The molecular weight excluding hydrogens is 156 g/mol. The monoisotopic (exact) mass is 164 g/mol. The molecule has 12 heavy (non-hydrogen) atoms. The Hall–Kier alpha value is -1.71. The first kappa shape index (κ1) is 6.97. The Balaban J connectivity index is 2.73. The first-order valence-corrected chi connectivity index (χ1v) is 3.48. The number of rotatable bonds is 1. The Labute approximate surface area is 68.9 Å². The van der Waals surface area contributed by atoms with E-state index >= 15 is 0 Å². The molecular formula is C8H8N2O2. The highest BCUT2D eigenvalue weighted by Gasteiger charge is 2.04. The van der Waals surface area contributed by atoms with Gasteiger partial charge in [0.2, 0.25) is 0 Å². The number of benzene rings is 1. The van der Waals surface area contributed by atoms with Crippen LogP contribution in [0.1, 0.15) is 0 Å². The second kappa shape index (κ2) is 2.41. The predicted molar refractivity (Wildman–Crippen MR) is 45.0 cm³/mol. The molecule has 2 N–H and O–H groups in total. The van der Waals surface area contributed by atoms with Crippen LogP contribution in [0, 0.1) is 0 Å². The Morgan fingerprint density at radius 1 is 1.50 bits per heavy atom. The number of ether oxygens (including phenoxy) is 1. The third-order valence-corrected chi connectivity index (χ3v) is 1.68. The summed E-state index contributed by atoms with van der Waals surface area (Å²) in [5, 5.41) is 0. The van der Waals surface area contributed by atoms with Crippen molar-refractivity contribution < 1.29 is 9.15 Å². The second-order valence-electron chi connectivity index (χ2n) is 2.41. The van der Waals surface area contributed by atoms with Crippen molar-refractivity contribution in [3.8, 4) is 5.75 Å².